The van der Waals surface area contributed by atoms with E-state index in [9.17, 15) is 4.79 Å². The molecular weight excluding hydrogens is 463 g/mol. The molecule has 1 amide bonds. The van der Waals surface area contributed by atoms with Gasteiger partial charge in [-0.3, -0.25) is 15.6 Å². The Morgan fingerprint density at radius 3 is 2.30 bits per heavy atom. The van der Waals surface area contributed by atoms with Gasteiger partial charge < -0.3 is 15.8 Å². The zero-order valence-electron chi connectivity index (χ0n) is 17.0. The fourth-order valence-electron chi connectivity index (χ4n) is 2.82. The summed E-state index contributed by atoms with van der Waals surface area (Å²) in [6.45, 7) is 0. The Kier molecular flexibility index (Phi) is 6.77. The van der Waals surface area contributed by atoms with Crippen LogP contribution in [-0.4, -0.2) is 15.9 Å². The number of nitrogens with zero attached hydrogens (tertiary/aromatic N) is 2. The van der Waals surface area contributed by atoms with Crippen LogP contribution in [0.15, 0.2) is 79.1 Å². The molecule has 5 N–H and O–H groups in total. The first-order valence-corrected chi connectivity index (χ1v) is 10.5. The van der Waals surface area contributed by atoms with Crippen molar-refractivity contribution in [1.29, 1.82) is 0 Å². The van der Waals surface area contributed by atoms with Crippen LogP contribution in [0.5, 0.6) is 11.5 Å². The largest absolute Gasteiger partial charge is 0.457 e. The molecule has 0 aliphatic carbocycles. The molecule has 10 heteroatoms. The first kappa shape index (κ1) is 22.2. The number of halogens is 2. The number of hydrazine groups is 1. The molecule has 1 aromatic heterocycles. The first-order valence-electron chi connectivity index (χ1n) is 9.71. The van der Waals surface area contributed by atoms with Gasteiger partial charge in [-0.25, -0.2) is 9.97 Å². The van der Waals surface area contributed by atoms with Crippen LogP contribution in [0.3, 0.4) is 0 Å². The monoisotopic (exact) mass is 480 g/mol. The van der Waals surface area contributed by atoms with Crippen molar-refractivity contribution in [2.45, 2.75) is 0 Å². The normalized spacial score (nSPS) is 10.4. The number of aromatic nitrogens is 2. The molecule has 166 valence electrons. The van der Waals surface area contributed by atoms with Gasteiger partial charge in [-0.1, -0.05) is 41.4 Å². The maximum absolute atomic E-state index is 12.4. The molecule has 4 rings (SSSR count). The van der Waals surface area contributed by atoms with Crippen molar-refractivity contribution >= 4 is 52.1 Å². The van der Waals surface area contributed by atoms with E-state index >= 15 is 0 Å². The quantitative estimate of drug-likeness (QED) is 0.252. The van der Waals surface area contributed by atoms with Gasteiger partial charge in [0.2, 0.25) is 0 Å². The van der Waals surface area contributed by atoms with Crippen molar-refractivity contribution in [2.24, 2.45) is 0 Å². The minimum absolute atomic E-state index is 0.213. The molecular formula is C23H18Cl2N6O2. The molecule has 0 saturated carbocycles. The Hall–Kier alpha value is -4.01. The van der Waals surface area contributed by atoms with Crippen molar-refractivity contribution in [3.63, 3.8) is 0 Å². The van der Waals surface area contributed by atoms with E-state index in [2.05, 4.69) is 26.1 Å². The molecule has 3 aromatic carbocycles. The van der Waals surface area contributed by atoms with E-state index in [0.717, 1.165) is 11.4 Å². The average Bonchev–Trinajstić information content (AvgIpc) is 2.81. The van der Waals surface area contributed by atoms with E-state index in [4.69, 9.17) is 33.7 Å². The molecule has 0 spiro atoms. The standard InChI is InChI=1S/C23H18Cl2N6O2/c24-14-6-11-18(19(25)12-14)23(32)31-30-22-20(26)21(27-13-28-22)29-15-7-9-17(10-8-15)33-16-4-2-1-3-5-16/h1-13H,26H2,(H,31,32)(H2,27,28,29,30). The number of rotatable bonds is 7. The lowest BCUT2D eigenvalue weighted by Crippen LogP contribution is -2.30. The first-order chi connectivity index (χ1) is 16.0. The van der Waals surface area contributed by atoms with E-state index in [1.807, 2.05) is 54.6 Å². The minimum Gasteiger partial charge on any atom is -0.457 e. The number of hydrogen-bond acceptors (Lipinski definition) is 7. The van der Waals surface area contributed by atoms with Gasteiger partial charge in [-0.2, -0.15) is 0 Å². The molecule has 33 heavy (non-hydrogen) atoms. The number of anilines is 4. The zero-order valence-corrected chi connectivity index (χ0v) is 18.6. The average molecular weight is 481 g/mol. The highest BCUT2D eigenvalue weighted by Gasteiger charge is 2.13. The summed E-state index contributed by atoms with van der Waals surface area (Å²) in [7, 11) is 0. The Morgan fingerprint density at radius 2 is 1.58 bits per heavy atom. The van der Waals surface area contributed by atoms with Gasteiger partial charge in [0, 0.05) is 10.7 Å². The molecule has 0 fully saturated rings. The zero-order chi connectivity index (χ0) is 23.2. The topological polar surface area (TPSA) is 114 Å². The number of para-hydroxylation sites is 1. The third kappa shape index (κ3) is 5.62. The number of nitrogens with two attached hydrogens (primary N) is 1. The van der Waals surface area contributed by atoms with Crippen molar-refractivity contribution < 1.29 is 9.53 Å². The maximum atomic E-state index is 12.4. The third-order valence-electron chi connectivity index (χ3n) is 4.45. The number of nitrogen functional groups attached to an aromatic ring is 1. The highest BCUT2D eigenvalue weighted by atomic mass is 35.5. The third-order valence-corrected chi connectivity index (χ3v) is 5.00. The van der Waals surface area contributed by atoms with Crippen LogP contribution in [0, 0.1) is 0 Å². The molecule has 0 saturated heterocycles. The lowest BCUT2D eigenvalue weighted by molar-refractivity contribution is 0.0962. The summed E-state index contributed by atoms with van der Waals surface area (Å²) in [5, 5.41) is 3.77. The second-order valence-corrected chi connectivity index (χ2v) is 7.60. The number of ether oxygens (including phenoxy) is 1. The van der Waals surface area contributed by atoms with Crippen molar-refractivity contribution in [1.82, 2.24) is 15.4 Å². The Balaban J connectivity index is 1.41. The predicted molar refractivity (Wildman–Crippen MR) is 130 cm³/mol. The molecule has 0 unspecified atom stereocenters. The van der Waals surface area contributed by atoms with E-state index in [0.29, 0.717) is 16.6 Å². The van der Waals surface area contributed by atoms with E-state index in [-0.39, 0.29) is 22.1 Å². The lowest BCUT2D eigenvalue weighted by Gasteiger charge is -2.14. The number of carbonyl (C=O) groups excluding carboxylic acids is 1. The molecule has 4 aromatic rings. The summed E-state index contributed by atoms with van der Waals surface area (Å²) in [6, 6.07) is 21.4. The summed E-state index contributed by atoms with van der Waals surface area (Å²) in [6.07, 6.45) is 1.31. The van der Waals surface area contributed by atoms with Crippen LogP contribution >= 0.6 is 23.2 Å². The molecule has 1 heterocycles. The molecule has 8 nitrogen and oxygen atoms in total. The van der Waals surface area contributed by atoms with Crippen LogP contribution in [0.25, 0.3) is 0 Å². The van der Waals surface area contributed by atoms with Crippen molar-refractivity contribution in [3.8, 4) is 11.5 Å². The highest BCUT2D eigenvalue weighted by molar-refractivity contribution is 6.36. The summed E-state index contributed by atoms with van der Waals surface area (Å²) >= 11 is 11.9. The predicted octanol–water partition coefficient (Wildman–Crippen LogP) is 5.66. The summed E-state index contributed by atoms with van der Waals surface area (Å²) in [4.78, 5) is 20.6. The van der Waals surface area contributed by atoms with Crippen LogP contribution in [0.1, 0.15) is 10.4 Å². The summed E-state index contributed by atoms with van der Waals surface area (Å²) in [5.74, 6) is 1.54. The van der Waals surface area contributed by atoms with Crippen LogP contribution in [-0.2, 0) is 0 Å². The SMILES string of the molecule is Nc1c(NNC(=O)c2ccc(Cl)cc2Cl)ncnc1Nc1ccc(Oc2ccccc2)cc1. The minimum atomic E-state index is -0.474. The van der Waals surface area contributed by atoms with Crippen LogP contribution < -0.4 is 26.6 Å². The molecule has 0 aliphatic rings. The van der Waals surface area contributed by atoms with E-state index in [1.54, 1.807) is 6.07 Å². The summed E-state index contributed by atoms with van der Waals surface area (Å²) in [5.41, 5.74) is 12.6. The van der Waals surface area contributed by atoms with Gasteiger partial charge in [-0.05, 0) is 54.6 Å². The second kappa shape index (κ2) is 10.1. The van der Waals surface area contributed by atoms with Crippen LogP contribution in [0.4, 0.5) is 23.0 Å². The van der Waals surface area contributed by atoms with Gasteiger partial charge >= 0.3 is 0 Å². The maximum Gasteiger partial charge on any atom is 0.271 e. The second-order valence-electron chi connectivity index (χ2n) is 6.75. The van der Waals surface area contributed by atoms with Crippen molar-refractivity contribution in [3.05, 3.63) is 94.7 Å². The molecule has 0 radical (unpaired) electrons. The molecule has 0 atom stereocenters. The number of hydrogen-bond donors (Lipinski definition) is 4. The fraction of sp³-hybridized carbons (Fsp3) is 0. The van der Waals surface area contributed by atoms with Gasteiger partial charge in [-0.15, -0.1) is 0 Å². The van der Waals surface area contributed by atoms with E-state index in [1.165, 1.54) is 18.5 Å². The van der Waals surface area contributed by atoms with Crippen molar-refractivity contribution in [2.75, 3.05) is 16.5 Å². The molecule has 0 bridgehead atoms. The number of amides is 1. The Bertz CT molecular complexity index is 1270. The highest BCUT2D eigenvalue weighted by Crippen LogP contribution is 2.28. The van der Waals surface area contributed by atoms with Gasteiger partial charge in [0.25, 0.3) is 5.91 Å². The summed E-state index contributed by atoms with van der Waals surface area (Å²) < 4.78 is 5.79. The van der Waals surface area contributed by atoms with Gasteiger partial charge in [0.1, 0.15) is 23.5 Å². The number of benzene rings is 3. The lowest BCUT2D eigenvalue weighted by atomic mass is 10.2. The van der Waals surface area contributed by atoms with Gasteiger partial charge in [0.05, 0.1) is 10.6 Å². The van der Waals surface area contributed by atoms with Gasteiger partial charge in [0.15, 0.2) is 11.6 Å². The van der Waals surface area contributed by atoms with Crippen LogP contribution in [0.2, 0.25) is 10.0 Å². The smallest absolute Gasteiger partial charge is 0.271 e. The number of carbonyl (C=O) groups is 1. The Morgan fingerprint density at radius 1 is 0.879 bits per heavy atom. The Labute approximate surface area is 199 Å². The fourth-order valence-corrected chi connectivity index (χ4v) is 3.31. The molecule has 0 aliphatic heterocycles. The van der Waals surface area contributed by atoms with E-state index < -0.39 is 5.91 Å². The number of nitrogens with one attached hydrogen (secondary N) is 3.